The van der Waals surface area contributed by atoms with Crippen LogP contribution in [0.25, 0.3) is 11.1 Å². The highest BCUT2D eigenvalue weighted by Crippen LogP contribution is 2.25. The van der Waals surface area contributed by atoms with E-state index in [1.807, 2.05) is 18.2 Å². The van der Waals surface area contributed by atoms with Crippen LogP contribution in [0, 0.1) is 5.92 Å². The lowest BCUT2D eigenvalue weighted by Gasteiger charge is -2.14. The van der Waals surface area contributed by atoms with Crippen molar-refractivity contribution >= 4 is 17.7 Å². The smallest absolute Gasteiger partial charge is 0.316 e. The predicted molar refractivity (Wildman–Crippen MR) is 94.1 cm³/mol. The molecule has 0 heterocycles. The summed E-state index contributed by atoms with van der Waals surface area (Å²) in [7, 11) is 0. The molecule has 2 aromatic rings. The monoisotopic (exact) mass is 314 g/mol. The first-order chi connectivity index (χ1) is 10.6. The van der Waals surface area contributed by atoms with Crippen molar-refractivity contribution in [1.82, 2.24) is 0 Å². The lowest BCUT2D eigenvalue weighted by Crippen LogP contribution is -2.18. The standard InChI is InChI=1S/C19H22O2S/c1-14(2)12-18(19(20)21)22-13-15-8-10-17(11-9-15)16-6-4-3-5-7-16/h3-11,14,18H,12-13H2,1-2H3,(H,20,21). The Hall–Kier alpha value is -1.74. The lowest BCUT2D eigenvalue weighted by molar-refractivity contribution is -0.136. The Morgan fingerprint density at radius 3 is 2.14 bits per heavy atom. The average molecular weight is 314 g/mol. The van der Waals surface area contributed by atoms with Gasteiger partial charge in [0.05, 0.1) is 0 Å². The van der Waals surface area contributed by atoms with Gasteiger partial charge in [0.1, 0.15) is 5.25 Å². The third-order valence-corrected chi connectivity index (χ3v) is 4.77. The highest BCUT2D eigenvalue weighted by Gasteiger charge is 2.19. The van der Waals surface area contributed by atoms with Gasteiger partial charge in [0.2, 0.25) is 0 Å². The summed E-state index contributed by atoms with van der Waals surface area (Å²) >= 11 is 1.51. The summed E-state index contributed by atoms with van der Waals surface area (Å²) in [6.07, 6.45) is 0.710. The van der Waals surface area contributed by atoms with Crippen LogP contribution in [-0.2, 0) is 10.5 Å². The van der Waals surface area contributed by atoms with Crippen molar-refractivity contribution in [3.8, 4) is 11.1 Å². The maximum Gasteiger partial charge on any atom is 0.316 e. The molecule has 0 bridgehead atoms. The van der Waals surface area contributed by atoms with Gasteiger partial charge in [-0.3, -0.25) is 4.79 Å². The summed E-state index contributed by atoms with van der Waals surface area (Å²) < 4.78 is 0. The maximum atomic E-state index is 11.3. The summed E-state index contributed by atoms with van der Waals surface area (Å²) in [6.45, 7) is 4.12. The number of carbonyl (C=O) groups is 1. The van der Waals surface area contributed by atoms with Crippen molar-refractivity contribution in [3.05, 3.63) is 60.2 Å². The second kappa shape index (κ2) is 8.04. The Morgan fingerprint density at radius 2 is 1.59 bits per heavy atom. The van der Waals surface area contributed by atoms with Crippen LogP contribution in [0.5, 0.6) is 0 Å². The summed E-state index contributed by atoms with van der Waals surface area (Å²) in [6, 6.07) is 18.6. The molecular formula is C19H22O2S. The molecule has 3 heteroatoms. The SMILES string of the molecule is CC(C)CC(SCc1ccc(-c2ccccc2)cc1)C(=O)O. The van der Waals surface area contributed by atoms with Gasteiger partial charge in [-0.2, -0.15) is 0 Å². The molecule has 2 rings (SSSR count). The molecule has 0 fully saturated rings. The number of carboxylic acid groups (broad SMARTS) is 1. The van der Waals surface area contributed by atoms with E-state index in [9.17, 15) is 9.90 Å². The molecule has 0 aromatic heterocycles. The third-order valence-electron chi connectivity index (χ3n) is 3.47. The van der Waals surface area contributed by atoms with E-state index in [4.69, 9.17) is 0 Å². The zero-order valence-electron chi connectivity index (χ0n) is 13.0. The largest absolute Gasteiger partial charge is 0.480 e. The normalized spacial score (nSPS) is 12.3. The summed E-state index contributed by atoms with van der Waals surface area (Å²) in [5.74, 6) is 0.423. The van der Waals surface area contributed by atoms with E-state index >= 15 is 0 Å². The molecule has 116 valence electrons. The van der Waals surface area contributed by atoms with Crippen LogP contribution in [0.3, 0.4) is 0 Å². The van der Waals surface area contributed by atoms with E-state index in [0.29, 0.717) is 12.3 Å². The highest BCUT2D eigenvalue weighted by molar-refractivity contribution is 7.99. The molecule has 0 aliphatic carbocycles. The van der Waals surface area contributed by atoms with Gasteiger partial charge < -0.3 is 5.11 Å². The first-order valence-electron chi connectivity index (χ1n) is 7.55. The molecule has 2 nitrogen and oxygen atoms in total. The van der Waals surface area contributed by atoms with Crippen LogP contribution < -0.4 is 0 Å². The molecule has 1 unspecified atom stereocenters. The topological polar surface area (TPSA) is 37.3 Å². The minimum atomic E-state index is -0.709. The first-order valence-corrected chi connectivity index (χ1v) is 8.60. The quantitative estimate of drug-likeness (QED) is 0.774. The van der Waals surface area contributed by atoms with Gasteiger partial charge in [0.25, 0.3) is 0 Å². The van der Waals surface area contributed by atoms with Gasteiger partial charge in [-0.25, -0.2) is 0 Å². The van der Waals surface area contributed by atoms with Gasteiger partial charge >= 0.3 is 5.97 Å². The fourth-order valence-corrected chi connectivity index (χ4v) is 3.54. The number of benzene rings is 2. The van der Waals surface area contributed by atoms with Gasteiger partial charge in [0.15, 0.2) is 0 Å². The fraction of sp³-hybridized carbons (Fsp3) is 0.316. The van der Waals surface area contributed by atoms with E-state index in [1.165, 1.54) is 28.5 Å². The van der Waals surface area contributed by atoms with E-state index in [0.717, 1.165) is 5.75 Å². The highest BCUT2D eigenvalue weighted by atomic mass is 32.2. The van der Waals surface area contributed by atoms with Crippen molar-refractivity contribution in [2.45, 2.75) is 31.3 Å². The Labute approximate surface area is 136 Å². The molecule has 0 radical (unpaired) electrons. The second-order valence-electron chi connectivity index (χ2n) is 5.83. The zero-order valence-corrected chi connectivity index (χ0v) is 13.8. The van der Waals surface area contributed by atoms with Gasteiger partial charge in [-0.1, -0.05) is 68.4 Å². The Balaban J connectivity index is 1.98. The van der Waals surface area contributed by atoms with E-state index in [-0.39, 0.29) is 5.25 Å². The summed E-state index contributed by atoms with van der Waals surface area (Å²) in [5.41, 5.74) is 3.55. The van der Waals surface area contributed by atoms with Crippen LogP contribution in [0.4, 0.5) is 0 Å². The molecule has 0 aliphatic rings. The van der Waals surface area contributed by atoms with Crippen LogP contribution in [-0.4, -0.2) is 16.3 Å². The maximum absolute atomic E-state index is 11.3. The minimum Gasteiger partial charge on any atom is -0.480 e. The summed E-state index contributed by atoms with van der Waals surface area (Å²) in [4.78, 5) is 11.3. The van der Waals surface area contributed by atoms with Crippen molar-refractivity contribution < 1.29 is 9.90 Å². The first kappa shape index (κ1) is 16.6. The Morgan fingerprint density at radius 1 is 1.00 bits per heavy atom. The van der Waals surface area contributed by atoms with Crippen LogP contribution in [0.2, 0.25) is 0 Å². The summed E-state index contributed by atoms with van der Waals surface area (Å²) in [5, 5.41) is 8.95. The van der Waals surface area contributed by atoms with Gasteiger partial charge in [-0.15, -0.1) is 11.8 Å². The van der Waals surface area contributed by atoms with Crippen LogP contribution >= 0.6 is 11.8 Å². The van der Waals surface area contributed by atoms with Crippen molar-refractivity contribution in [2.24, 2.45) is 5.92 Å². The van der Waals surface area contributed by atoms with Crippen molar-refractivity contribution in [1.29, 1.82) is 0 Å². The molecule has 0 spiro atoms. The van der Waals surface area contributed by atoms with Gasteiger partial charge in [-0.05, 0) is 29.0 Å². The lowest BCUT2D eigenvalue weighted by atomic mass is 10.0. The molecule has 0 saturated carbocycles. The Bertz CT molecular complexity index is 591. The predicted octanol–water partition coefficient (Wildman–Crippen LogP) is 5.09. The van der Waals surface area contributed by atoms with Crippen LogP contribution in [0.1, 0.15) is 25.8 Å². The molecule has 2 aromatic carbocycles. The van der Waals surface area contributed by atoms with Crippen LogP contribution in [0.15, 0.2) is 54.6 Å². The Kier molecular flexibility index (Phi) is 6.08. The number of hydrogen-bond donors (Lipinski definition) is 1. The van der Waals surface area contributed by atoms with Crippen molar-refractivity contribution in [2.75, 3.05) is 0 Å². The van der Waals surface area contributed by atoms with E-state index in [2.05, 4.69) is 50.2 Å². The number of hydrogen-bond acceptors (Lipinski definition) is 2. The molecule has 1 N–H and O–H groups in total. The fourth-order valence-electron chi connectivity index (χ4n) is 2.29. The zero-order chi connectivity index (χ0) is 15.9. The average Bonchev–Trinajstić information content (AvgIpc) is 2.52. The van der Waals surface area contributed by atoms with Gasteiger partial charge in [0, 0.05) is 5.75 Å². The third kappa shape index (κ3) is 4.92. The molecule has 0 aliphatic heterocycles. The molecule has 1 atom stereocenters. The van der Waals surface area contributed by atoms with Crippen molar-refractivity contribution in [3.63, 3.8) is 0 Å². The molecule has 22 heavy (non-hydrogen) atoms. The number of carboxylic acids is 1. The van der Waals surface area contributed by atoms with E-state index < -0.39 is 5.97 Å². The minimum absolute atomic E-state index is 0.325. The number of rotatable bonds is 7. The number of aliphatic carboxylic acids is 1. The molecule has 0 amide bonds. The second-order valence-corrected chi connectivity index (χ2v) is 7.02. The van der Waals surface area contributed by atoms with E-state index in [1.54, 1.807) is 0 Å². The number of thioether (sulfide) groups is 1. The molecule has 0 saturated heterocycles. The molecular weight excluding hydrogens is 292 g/mol.